The molecule has 0 aromatic heterocycles. The Hall–Kier alpha value is -0.0800. The normalized spacial score (nSPS) is 18.4. The molecule has 1 aliphatic rings. The summed E-state index contributed by atoms with van der Waals surface area (Å²) < 4.78 is 0. The van der Waals surface area contributed by atoms with Gasteiger partial charge in [-0.05, 0) is 63.6 Å². The van der Waals surface area contributed by atoms with Crippen LogP contribution in [-0.2, 0) is 0 Å². The molecule has 0 aromatic rings. The van der Waals surface area contributed by atoms with Crippen LogP contribution in [0, 0.1) is 11.8 Å². The molecule has 0 bridgehead atoms. The molecule has 1 fully saturated rings. The van der Waals surface area contributed by atoms with Gasteiger partial charge < -0.3 is 10.6 Å². The summed E-state index contributed by atoms with van der Waals surface area (Å²) in [6, 6.07) is 0.928. The molecule has 0 heterocycles. The fraction of sp³-hybridized carbons (Fsp3) is 1.00. The first-order chi connectivity index (χ1) is 7.69. The van der Waals surface area contributed by atoms with Crippen LogP contribution in [-0.4, -0.2) is 30.6 Å². The van der Waals surface area contributed by atoms with Crippen LogP contribution >= 0.6 is 0 Å². The lowest BCUT2D eigenvalue weighted by Crippen LogP contribution is -2.27. The Labute approximate surface area is 102 Å². The van der Waals surface area contributed by atoms with Crippen molar-refractivity contribution in [2.24, 2.45) is 17.6 Å². The zero-order chi connectivity index (χ0) is 12.0. The highest BCUT2D eigenvalue weighted by molar-refractivity contribution is 4.83. The lowest BCUT2D eigenvalue weighted by molar-refractivity contribution is 0.249. The van der Waals surface area contributed by atoms with Gasteiger partial charge in [-0.25, -0.2) is 0 Å². The van der Waals surface area contributed by atoms with Crippen molar-refractivity contribution in [2.75, 3.05) is 19.6 Å². The third kappa shape index (κ3) is 4.84. The van der Waals surface area contributed by atoms with E-state index >= 15 is 0 Å². The fourth-order valence-electron chi connectivity index (χ4n) is 2.62. The number of hydrogen-bond donors (Lipinski definition) is 1. The first-order valence-corrected chi connectivity index (χ1v) is 7.13. The van der Waals surface area contributed by atoms with Crippen LogP contribution < -0.4 is 5.73 Å². The van der Waals surface area contributed by atoms with Gasteiger partial charge in [-0.3, -0.25) is 0 Å². The smallest absolute Gasteiger partial charge is 0.00963 e. The molecular formula is C14H30N2. The van der Waals surface area contributed by atoms with Crippen LogP contribution in [0.3, 0.4) is 0 Å². The van der Waals surface area contributed by atoms with Gasteiger partial charge in [0.15, 0.2) is 0 Å². The molecule has 1 rings (SSSR count). The Balaban J connectivity index is 2.15. The van der Waals surface area contributed by atoms with Crippen LogP contribution in [0.5, 0.6) is 0 Å². The van der Waals surface area contributed by atoms with E-state index in [1.165, 1.54) is 45.2 Å². The van der Waals surface area contributed by atoms with Crippen LogP contribution in [0.25, 0.3) is 0 Å². The van der Waals surface area contributed by atoms with Crippen molar-refractivity contribution < 1.29 is 0 Å². The predicted molar refractivity (Wildman–Crippen MR) is 71.5 cm³/mol. The Morgan fingerprint density at radius 1 is 1.25 bits per heavy atom. The molecule has 96 valence electrons. The predicted octanol–water partition coefficient (Wildman–Crippen LogP) is 2.87. The molecule has 2 nitrogen and oxygen atoms in total. The van der Waals surface area contributed by atoms with Gasteiger partial charge in [0.1, 0.15) is 0 Å². The monoisotopic (exact) mass is 226 g/mol. The van der Waals surface area contributed by atoms with E-state index in [2.05, 4.69) is 25.7 Å². The van der Waals surface area contributed by atoms with Crippen molar-refractivity contribution in [3.63, 3.8) is 0 Å². The summed E-state index contributed by atoms with van der Waals surface area (Å²) in [4.78, 5) is 2.65. The summed E-state index contributed by atoms with van der Waals surface area (Å²) in [6.07, 6.45) is 6.78. The van der Waals surface area contributed by atoms with Crippen molar-refractivity contribution >= 4 is 0 Å². The molecule has 0 amide bonds. The van der Waals surface area contributed by atoms with Gasteiger partial charge in [0.2, 0.25) is 0 Å². The largest absolute Gasteiger partial charge is 0.330 e. The lowest BCUT2D eigenvalue weighted by atomic mass is 9.88. The second-order valence-electron chi connectivity index (χ2n) is 5.58. The molecule has 1 unspecified atom stereocenters. The minimum absolute atomic E-state index is 0.791. The lowest BCUT2D eigenvalue weighted by Gasteiger charge is -2.23. The first kappa shape index (κ1) is 14.0. The molecule has 1 saturated carbocycles. The molecule has 2 heteroatoms. The Kier molecular flexibility index (Phi) is 6.37. The van der Waals surface area contributed by atoms with Crippen LogP contribution in [0.4, 0.5) is 0 Å². The maximum atomic E-state index is 5.67. The van der Waals surface area contributed by atoms with Crippen molar-refractivity contribution in [3.05, 3.63) is 0 Å². The van der Waals surface area contributed by atoms with Gasteiger partial charge in [0.25, 0.3) is 0 Å². The van der Waals surface area contributed by atoms with E-state index in [1.54, 1.807) is 0 Å². The minimum atomic E-state index is 0.791. The summed E-state index contributed by atoms with van der Waals surface area (Å²) in [7, 11) is 0. The molecule has 0 aliphatic heterocycles. The van der Waals surface area contributed by atoms with Gasteiger partial charge in [0.05, 0.1) is 0 Å². The summed E-state index contributed by atoms with van der Waals surface area (Å²) in [5, 5.41) is 0. The number of nitrogens with two attached hydrogens (primary N) is 1. The van der Waals surface area contributed by atoms with Crippen LogP contribution in [0.1, 0.15) is 52.9 Å². The highest BCUT2D eigenvalue weighted by Crippen LogP contribution is 2.27. The standard InChI is InChI=1S/C14H30N2/c1-4-16(14-7-8-14)11-5-6-13(9-10-15)12(2)3/h12-14H,4-11,15H2,1-3H3. The number of hydrogen-bond acceptors (Lipinski definition) is 2. The Morgan fingerprint density at radius 2 is 1.94 bits per heavy atom. The molecule has 0 radical (unpaired) electrons. The molecule has 1 aliphatic carbocycles. The second-order valence-corrected chi connectivity index (χ2v) is 5.58. The zero-order valence-electron chi connectivity index (χ0n) is 11.4. The molecule has 16 heavy (non-hydrogen) atoms. The summed E-state index contributed by atoms with van der Waals surface area (Å²) >= 11 is 0. The average molecular weight is 226 g/mol. The van der Waals surface area contributed by atoms with E-state index in [4.69, 9.17) is 5.73 Å². The number of rotatable bonds is 9. The third-order valence-electron chi connectivity index (χ3n) is 3.97. The second kappa shape index (κ2) is 7.29. The molecule has 0 spiro atoms. The molecule has 2 N–H and O–H groups in total. The first-order valence-electron chi connectivity index (χ1n) is 7.13. The zero-order valence-corrected chi connectivity index (χ0v) is 11.4. The summed E-state index contributed by atoms with van der Waals surface area (Å²) in [5.74, 6) is 1.63. The number of nitrogens with zero attached hydrogens (tertiary/aromatic N) is 1. The SMILES string of the molecule is CCN(CCCC(CCN)C(C)C)C1CC1. The van der Waals surface area contributed by atoms with E-state index in [-0.39, 0.29) is 0 Å². The highest BCUT2D eigenvalue weighted by Gasteiger charge is 2.27. The highest BCUT2D eigenvalue weighted by atomic mass is 15.2. The van der Waals surface area contributed by atoms with Crippen LogP contribution in [0.2, 0.25) is 0 Å². The third-order valence-corrected chi connectivity index (χ3v) is 3.97. The van der Waals surface area contributed by atoms with Crippen molar-refractivity contribution in [1.29, 1.82) is 0 Å². The average Bonchev–Trinajstić information content (AvgIpc) is 3.06. The van der Waals surface area contributed by atoms with Gasteiger partial charge in [-0.2, -0.15) is 0 Å². The van der Waals surface area contributed by atoms with E-state index in [0.29, 0.717) is 0 Å². The molecule has 1 atom stereocenters. The van der Waals surface area contributed by atoms with Crippen molar-refractivity contribution in [3.8, 4) is 0 Å². The van der Waals surface area contributed by atoms with Gasteiger partial charge in [-0.15, -0.1) is 0 Å². The van der Waals surface area contributed by atoms with Crippen molar-refractivity contribution in [1.82, 2.24) is 4.90 Å². The van der Waals surface area contributed by atoms with Crippen molar-refractivity contribution in [2.45, 2.75) is 58.9 Å². The quantitative estimate of drug-likeness (QED) is 0.655. The maximum absolute atomic E-state index is 5.67. The van der Waals surface area contributed by atoms with Gasteiger partial charge in [-0.1, -0.05) is 20.8 Å². The van der Waals surface area contributed by atoms with E-state index in [1.807, 2.05) is 0 Å². The molecular weight excluding hydrogens is 196 g/mol. The van der Waals surface area contributed by atoms with Crippen LogP contribution in [0.15, 0.2) is 0 Å². The van der Waals surface area contributed by atoms with E-state index < -0.39 is 0 Å². The Bertz CT molecular complexity index is 176. The molecule has 0 saturated heterocycles. The maximum Gasteiger partial charge on any atom is 0.00963 e. The molecule has 0 aromatic carbocycles. The summed E-state index contributed by atoms with van der Waals surface area (Å²) in [5.41, 5.74) is 5.67. The van der Waals surface area contributed by atoms with Gasteiger partial charge in [0, 0.05) is 6.04 Å². The minimum Gasteiger partial charge on any atom is -0.330 e. The summed E-state index contributed by atoms with van der Waals surface area (Å²) in [6.45, 7) is 10.3. The topological polar surface area (TPSA) is 29.3 Å². The van der Waals surface area contributed by atoms with E-state index in [9.17, 15) is 0 Å². The fourth-order valence-corrected chi connectivity index (χ4v) is 2.62. The van der Waals surface area contributed by atoms with Gasteiger partial charge >= 0.3 is 0 Å². The van der Waals surface area contributed by atoms with E-state index in [0.717, 1.165) is 24.4 Å². The Morgan fingerprint density at radius 3 is 2.38 bits per heavy atom.